The van der Waals surface area contributed by atoms with E-state index in [-0.39, 0.29) is 22.9 Å². The van der Waals surface area contributed by atoms with E-state index in [9.17, 15) is 13.2 Å². The third-order valence-electron chi connectivity index (χ3n) is 1.94. The van der Waals surface area contributed by atoms with Crippen LogP contribution in [-0.4, -0.2) is 33.5 Å². The number of aliphatic imine (C=N–C) groups is 1. The Morgan fingerprint density at radius 2 is 2.05 bits per heavy atom. The highest BCUT2D eigenvalue weighted by atomic mass is 32.2. The number of nitrogens with zero attached hydrogens (tertiary/aromatic N) is 1. The van der Waals surface area contributed by atoms with Crippen LogP contribution in [0.25, 0.3) is 0 Å². The summed E-state index contributed by atoms with van der Waals surface area (Å²) in [5.74, 6) is -0.650. The highest BCUT2D eigenvalue weighted by molar-refractivity contribution is 7.94. The van der Waals surface area contributed by atoms with Crippen molar-refractivity contribution in [2.75, 3.05) is 12.9 Å². The van der Waals surface area contributed by atoms with E-state index in [1.807, 2.05) is 0 Å². The SMILES string of the molecule is C=C/C(=C\C(=C)N=C/C=C(\N)C(=O)OCC)S(C)(=O)=O. The minimum absolute atomic E-state index is 0.00185. The summed E-state index contributed by atoms with van der Waals surface area (Å²) in [6.07, 6.45) is 5.97. The van der Waals surface area contributed by atoms with Crippen molar-refractivity contribution in [1.82, 2.24) is 0 Å². The monoisotopic (exact) mass is 298 g/mol. The first-order valence-corrected chi connectivity index (χ1v) is 7.51. The Morgan fingerprint density at radius 1 is 1.45 bits per heavy atom. The Hall–Kier alpha value is -2.15. The fourth-order valence-electron chi connectivity index (χ4n) is 1.01. The first kappa shape index (κ1) is 17.8. The second kappa shape index (κ2) is 8.11. The molecule has 0 aromatic carbocycles. The van der Waals surface area contributed by atoms with E-state index < -0.39 is 15.8 Å². The van der Waals surface area contributed by atoms with Gasteiger partial charge in [0.05, 0.1) is 17.2 Å². The van der Waals surface area contributed by atoms with Crippen LogP contribution in [-0.2, 0) is 19.4 Å². The smallest absolute Gasteiger partial charge is 0.354 e. The quantitative estimate of drug-likeness (QED) is 0.328. The molecular formula is C13H18N2O4S. The van der Waals surface area contributed by atoms with E-state index in [1.54, 1.807) is 6.92 Å². The minimum atomic E-state index is -3.38. The molecule has 0 saturated heterocycles. The number of nitrogens with two attached hydrogens (primary N) is 1. The van der Waals surface area contributed by atoms with Crippen LogP contribution in [0, 0.1) is 0 Å². The Labute approximate surface area is 118 Å². The Morgan fingerprint density at radius 3 is 2.50 bits per heavy atom. The number of ether oxygens (including phenoxy) is 1. The molecule has 20 heavy (non-hydrogen) atoms. The third kappa shape index (κ3) is 6.69. The zero-order valence-corrected chi connectivity index (χ0v) is 12.3. The number of esters is 1. The number of sulfone groups is 1. The van der Waals surface area contributed by atoms with Gasteiger partial charge in [-0.05, 0) is 19.1 Å². The van der Waals surface area contributed by atoms with Gasteiger partial charge in [0.15, 0.2) is 9.84 Å². The van der Waals surface area contributed by atoms with Gasteiger partial charge in [0.1, 0.15) is 5.70 Å². The summed E-state index contributed by atoms with van der Waals surface area (Å²) in [4.78, 5) is 15.0. The van der Waals surface area contributed by atoms with Crippen molar-refractivity contribution in [1.29, 1.82) is 0 Å². The number of hydrogen-bond acceptors (Lipinski definition) is 6. The average molecular weight is 298 g/mol. The molecule has 0 bridgehead atoms. The molecule has 0 heterocycles. The highest BCUT2D eigenvalue weighted by Gasteiger charge is 2.07. The van der Waals surface area contributed by atoms with Crippen molar-refractivity contribution in [3.05, 3.63) is 47.7 Å². The lowest BCUT2D eigenvalue weighted by molar-refractivity contribution is -0.138. The van der Waals surface area contributed by atoms with Crippen LogP contribution in [0.15, 0.2) is 52.7 Å². The van der Waals surface area contributed by atoms with Gasteiger partial charge in [0.2, 0.25) is 0 Å². The van der Waals surface area contributed by atoms with Gasteiger partial charge in [-0.15, -0.1) is 0 Å². The van der Waals surface area contributed by atoms with Crippen LogP contribution in [0.3, 0.4) is 0 Å². The van der Waals surface area contributed by atoms with Gasteiger partial charge in [-0.25, -0.2) is 13.2 Å². The molecule has 0 radical (unpaired) electrons. The molecule has 0 rings (SSSR count). The van der Waals surface area contributed by atoms with E-state index in [1.165, 1.54) is 24.4 Å². The van der Waals surface area contributed by atoms with Gasteiger partial charge >= 0.3 is 5.97 Å². The summed E-state index contributed by atoms with van der Waals surface area (Å²) >= 11 is 0. The van der Waals surface area contributed by atoms with Crippen molar-refractivity contribution in [2.24, 2.45) is 10.7 Å². The molecular weight excluding hydrogens is 280 g/mol. The van der Waals surface area contributed by atoms with Crippen LogP contribution in [0.1, 0.15) is 6.92 Å². The fraction of sp³-hybridized carbons (Fsp3) is 0.231. The molecule has 6 nitrogen and oxygen atoms in total. The summed E-state index contributed by atoms with van der Waals surface area (Å²) in [7, 11) is -3.38. The number of carbonyl (C=O) groups is 1. The van der Waals surface area contributed by atoms with E-state index in [0.29, 0.717) is 0 Å². The summed E-state index contributed by atoms with van der Waals surface area (Å²) in [5, 5.41) is 0. The molecule has 0 atom stereocenters. The average Bonchev–Trinajstić information content (AvgIpc) is 2.34. The molecule has 7 heteroatoms. The van der Waals surface area contributed by atoms with E-state index in [2.05, 4.69) is 22.9 Å². The lowest BCUT2D eigenvalue weighted by Gasteiger charge is -1.99. The van der Waals surface area contributed by atoms with Gasteiger partial charge in [-0.2, -0.15) is 0 Å². The third-order valence-corrected chi connectivity index (χ3v) is 3.08. The Kier molecular flexibility index (Phi) is 7.24. The maximum atomic E-state index is 11.3. The van der Waals surface area contributed by atoms with Crippen molar-refractivity contribution in [2.45, 2.75) is 6.92 Å². The molecule has 0 aromatic rings. The normalized spacial score (nSPS) is 13.3. The van der Waals surface area contributed by atoms with Crippen molar-refractivity contribution >= 4 is 22.0 Å². The van der Waals surface area contributed by atoms with Crippen LogP contribution < -0.4 is 5.73 Å². The molecule has 2 N–H and O–H groups in total. The summed E-state index contributed by atoms with van der Waals surface area (Å²) < 4.78 is 27.3. The summed E-state index contributed by atoms with van der Waals surface area (Å²) in [6, 6.07) is 0. The Balaban J connectivity index is 4.90. The van der Waals surface area contributed by atoms with Crippen molar-refractivity contribution in [3.8, 4) is 0 Å². The second-order valence-electron chi connectivity index (χ2n) is 3.63. The van der Waals surface area contributed by atoms with Crippen LogP contribution in [0.5, 0.6) is 0 Å². The molecule has 0 amide bonds. The predicted octanol–water partition coefficient (Wildman–Crippen LogP) is 1.09. The molecule has 0 aliphatic carbocycles. The molecule has 0 aliphatic rings. The van der Waals surface area contributed by atoms with Crippen LogP contribution >= 0.6 is 0 Å². The van der Waals surface area contributed by atoms with Gasteiger partial charge in [-0.3, -0.25) is 4.99 Å². The summed E-state index contributed by atoms with van der Waals surface area (Å²) in [6.45, 7) is 8.84. The van der Waals surface area contributed by atoms with Crippen molar-refractivity contribution < 1.29 is 17.9 Å². The first-order chi connectivity index (χ1) is 9.22. The lowest BCUT2D eigenvalue weighted by Crippen LogP contribution is -2.14. The number of hydrogen-bond donors (Lipinski definition) is 1. The molecule has 0 aliphatic heterocycles. The Bertz CT molecular complexity index is 583. The fourth-order valence-corrected chi connectivity index (χ4v) is 1.67. The standard InChI is InChI=1S/C13H18N2O4S/c1-5-11(20(4,17)18)9-10(3)15-8-7-12(14)13(16)19-6-2/h5,7-9H,1,3,6,14H2,2,4H3/b11-9+,12-7-,15-8?. The number of allylic oxidation sites excluding steroid dienone is 3. The lowest BCUT2D eigenvalue weighted by atomic mass is 10.4. The largest absolute Gasteiger partial charge is 0.461 e. The van der Waals surface area contributed by atoms with E-state index in [0.717, 1.165) is 6.26 Å². The van der Waals surface area contributed by atoms with E-state index >= 15 is 0 Å². The van der Waals surface area contributed by atoms with Gasteiger partial charge in [0, 0.05) is 12.5 Å². The van der Waals surface area contributed by atoms with Gasteiger partial charge in [-0.1, -0.05) is 19.2 Å². The van der Waals surface area contributed by atoms with Gasteiger partial charge < -0.3 is 10.5 Å². The molecule has 110 valence electrons. The zero-order chi connectivity index (χ0) is 15.8. The molecule has 0 unspecified atom stereocenters. The second-order valence-corrected chi connectivity index (χ2v) is 5.65. The molecule has 0 aromatic heterocycles. The first-order valence-electron chi connectivity index (χ1n) is 5.62. The number of rotatable bonds is 7. The van der Waals surface area contributed by atoms with Crippen molar-refractivity contribution in [3.63, 3.8) is 0 Å². The molecule has 0 saturated carbocycles. The van der Waals surface area contributed by atoms with Crippen LogP contribution in [0.2, 0.25) is 0 Å². The minimum Gasteiger partial charge on any atom is -0.461 e. The highest BCUT2D eigenvalue weighted by Crippen LogP contribution is 2.09. The topological polar surface area (TPSA) is 98.8 Å². The van der Waals surface area contributed by atoms with Gasteiger partial charge in [0.25, 0.3) is 0 Å². The maximum absolute atomic E-state index is 11.3. The zero-order valence-electron chi connectivity index (χ0n) is 11.5. The maximum Gasteiger partial charge on any atom is 0.354 e. The predicted molar refractivity (Wildman–Crippen MR) is 79.7 cm³/mol. The number of carbonyl (C=O) groups excluding carboxylic acids is 1. The molecule has 0 fully saturated rings. The van der Waals surface area contributed by atoms with Crippen LogP contribution in [0.4, 0.5) is 0 Å². The summed E-state index contributed by atoms with van der Waals surface area (Å²) in [5.41, 5.74) is 5.49. The van der Waals surface area contributed by atoms with E-state index in [4.69, 9.17) is 5.73 Å². The molecule has 0 spiro atoms.